The highest BCUT2D eigenvalue weighted by molar-refractivity contribution is 7.80. The fraction of sp³-hybridized carbons (Fsp3) is 0.0833. The van der Waals surface area contributed by atoms with Crippen LogP contribution in [0.2, 0.25) is 5.15 Å². The normalized spacial score (nSPS) is 11.3. The van der Waals surface area contributed by atoms with Crippen molar-refractivity contribution in [3.63, 3.8) is 0 Å². The van der Waals surface area contributed by atoms with E-state index in [-0.39, 0.29) is 0 Å². The molecule has 0 saturated carbocycles. The van der Waals surface area contributed by atoms with Crippen molar-refractivity contribution >= 4 is 41.2 Å². The number of halogens is 1. The number of aromatic nitrogens is 1. The molecule has 1 aromatic heterocycles. The molecule has 0 aliphatic rings. The van der Waals surface area contributed by atoms with Gasteiger partial charge in [0, 0.05) is 16.7 Å². The van der Waals surface area contributed by atoms with Gasteiger partial charge in [-0.25, -0.2) is 4.98 Å². The summed E-state index contributed by atoms with van der Waals surface area (Å²) in [7, 11) is 0. The largest absolute Gasteiger partial charge is 0.235 e. The summed E-state index contributed by atoms with van der Waals surface area (Å²) in [5.41, 5.74) is 1.86. The third-order valence-corrected chi connectivity index (χ3v) is 2.62. The van der Waals surface area contributed by atoms with Gasteiger partial charge >= 0.3 is 0 Å². The summed E-state index contributed by atoms with van der Waals surface area (Å²) in [6.45, 7) is 0. The predicted molar refractivity (Wildman–Crippen MR) is 69.6 cm³/mol. The van der Waals surface area contributed by atoms with Crippen LogP contribution in [0.4, 0.5) is 0 Å². The van der Waals surface area contributed by atoms with Gasteiger partial charge < -0.3 is 0 Å². The number of hydrogen-bond donors (Lipinski definition) is 1. The number of thiol groups is 1. The second kappa shape index (κ2) is 4.69. The Kier molecular flexibility index (Phi) is 3.29. The van der Waals surface area contributed by atoms with Gasteiger partial charge in [0.15, 0.2) is 0 Å². The number of hydrogen-bond acceptors (Lipinski definition) is 2. The van der Waals surface area contributed by atoms with Gasteiger partial charge in [-0.1, -0.05) is 42.0 Å². The number of benzene rings is 1. The van der Waals surface area contributed by atoms with Crippen molar-refractivity contribution in [1.29, 1.82) is 0 Å². The molecule has 0 fully saturated rings. The van der Waals surface area contributed by atoms with E-state index in [0.717, 1.165) is 16.5 Å². The fourth-order valence-corrected chi connectivity index (χ4v) is 1.72. The monoisotopic (exact) mass is 235 g/mol. The first-order chi connectivity index (χ1) is 7.31. The van der Waals surface area contributed by atoms with E-state index in [0.29, 0.717) is 10.9 Å². The highest BCUT2D eigenvalue weighted by atomic mass is 35.5. The van der Waals surface area contributed by atoms with Gasteiger partial charge in [0.05, 0.1) is 5.52 Å². The van der Waals surface area contributed by atoms with Crippen LogP contribution in [-0.2, 0) is 0 Å². The molecule has 2 aromatic rings. The first-order valence-electron chi connectivity index (χ1n) is 4.64. The predicted octanol–water partition coefficient (Wildman–Crippen LogP) is 3.83. The number of para-hydroxylation sites is 1. The molecule has 0 spiro atoms. The Balaban J connectivity index is 2.57. The van der Waals surface area contributed by atoms with Gasteiger partial charge in [0.25, 0.3) is 0 Å². The van der Waals surface area contributed by atoms with Crippen LogP contribution in [0, 0.1) is 0 Å². The molecule has 0 saturated heterocycles. The Morgan fingerprint density at radius 2 is 2.13 bits per heavy atom. The minimum atomic E-state index is 0.534. The van der Waals surface area contributed by atoms with E-state index in [9.17, 15) is 0 Å². The summed E-state index contributed by atoms with van der Waals surface area (Å²) in [5.74, 6) is 0.698. The molecule has 0 aliphatic heterocycles. The molecule has 3 heteroatoms. The fourth-order valence-electron chi connectivity index (χ4n) is 1.41. The maximum atomic E-state index is 6.05. The smallest absolute Gasteiger partial charge is 0.136 e. The van der Waals surface area contributed by atoms with E-state index in [1.165, 1.54) is 0 Å². The molecule has 0 atom stereocenters. The second-order valence-electron chi connectivity index (χ2n) is 3.15. The quantitative estimate of drug-likeness (QED) is 0.617. The van der Waals surface area contributed by atoms with Crippen LogP contribution in [0.15, 0.2) is 36.4 Å². The number of pyridine rings is 1. The van der Waals surface area contributed by atoms with Crippen LogP contribution in [0.3, 0.4) is 0 Å². The minimum absolute atomic E-state index is 0.534. The molecule has 0 aliphatic carbocycles. The van der Waals surface area contributed by atoms with E-state index >= 15 is 0 Å². The first kappa shape index (κ1) is 10.5. The van der Waals surface area contributed by atoms with Gasteiger partial charge in [0.1, 0.15) is 5.15 Å². The molecule has 0 unspecified atom stereocenters. The van der Waals surface area contributed by atoms with Gasteiger partial charge in [-0.15, -0.1) is 0 Å². The molecule has 1 aromatic carbocycles. The van der Waals surface area contributed by atoms with Gasteiger partial charge in [-0.3, -0.25) is 0 Å². The molecule has 2 rings (SSSR count). The zero-order valence-corrected chi connectivity index (χ0v) is 9.67. The molecular formula is C12H10ClNS. The Labute approximate surface area is 99.2 Å². The first-order valence-corrected chi connectivity index (χ1v) is 5.65. The summed E-state index contributed by atoms with van der Waals surface area (Å²) < 4.78 is 0. The summed E-state index contributed by atoms with van der Waals surface area (Å²) in [4.78, 5) is 4.32. The highest BCUT2D eigenvalue weighted by Crippen LogP contribution is 2.21. The van der Waals surface area contributed by atoms with Crippen LogP contribution in [-0.4, -0.2) is 10.7 Å². The maximum absolute atomic E-state index is 6.05. The number of fused-ring (bicyclic) bond motifs is 1. The third-order valence-electron chi connectivity index (χ3n) is 2.11. The van der Waals surface area contributed by atoms with E-state index in [2.05, 4.69) is 17.6 Å². The van der Waals surface area contributed by atoms with Crippen LogP contribution in [0.1, 0.15) is 5.56 Å². The zero-order chi connectivity index (χ0) is 10.7. The Morgan fingerprint density at radius 1 is 1.33 bits per heavy atom. The van der Waals surface area contributed by atoms with Crippen LogP contribution in [0.5, 0.6) is 0 Å². The molecule has 76 valence electrons. The molecule has 0 amide bonds. The highest BCUT2D eigenvalue weighted by Gasteiger charge is 2.00. The molecule has 1 nitrogen and oxygen atoms in total. The van der Waals surface area contributed by atoms with E-state index in [1.54, 1.807) is 0 Å². The van der Waals surface area contributed by atoms with Crippen LogP contribution in [0.25, 0.3) is 17.0 Å². The van der Waals surface area contributed by atoms with Crippen molar-refractivity contribution in [2.45, 2.75) is 0 Å². The lowest BCUT2D eigenvalue weighted by molar-refractivity contribution is 1.39. The van der Waals surface area contributed by atoms with E-state index in [1.807, 2.05) is 42.5 Å². The molecule has 0 bridgehead atoms. The summed E-state index contributed by atoms with van der Waals surface area (Å²) in [6.07, 6.45) is 3.88. The Bertz CT molecular complexity index is 508. The zero-order valence-electron chi connectivity index (χ0n) is 8.02. The average molecular weight is 236 g/mol. The van der Waals surface area contributed by atoms with Gasteiger partial charge in [-0.2, -0.15) is 12.6 Å². The third kappa shape index (κ3) is 2.33. The van der Waals surface area contributed by atoms with Gasteiger partial charge in [0.2, 0.25) is 0 Å². The minimum Gasteiger partial charge on any atom is -0.235 e. The standard InChI is InChI=1S/C12H10ClNS/c13-12-10(5-3-7-15)8-9-4-1-2-6-11(9)14-12/h1-6,8,15H,7H2. The van der Waals surface area contributed by atoms with Crippen LogP contribution >= 0.6 is 24.2 Å². The molecular weight excluding hydrogens is 226 g/mol. The van der Waals surface area contributed by atoms with Crippen LogP contribution < -0.4 is 0 Å². The molecule has 0 radical (unpaired) electrons. The lowest BCUT2D eigenvalue weighted by Crippen LogP contribution is -1.84. The van der Waals surface area contributed by atoms with Crippen molar-refractivity contribution in [2.24, 2.45) is 0 Å². The lowest BCUT2D eigenvalue weighted by Gasteiger charge is -2.01. The van der Waals surface area contributed by atoms with Crippen molar-refractivity contribution in [3.05, 3.63) is 47.1 Å². The summed E-state index contributed by atoms with van der Waals surface area (Å²) in [6, 6.07) is 9.95. The number of nitrogens with zero attached hydrogens (tertiary/aromatic N) is 1. The molecule has 1 heterocycles. The topological polar surface area (TPSA) is 12.9 Å². The van der Waals surface area contributed by atoms with Crippen molar-refractivity contribution < 1.29 is 0 Å². The number of rotatable bonds is 2. The van der Waals surface area contributed by atoms with Crippen molar-refractivity contribution in [3.8, 4) is 0 Å². The van der Waals surface area contributed by atoms with Crippen molar-refractivity contribution in [2.75, 3.05) is 5.75 Å². The van der Waals surface area contributed by atoms with Crippen molar-refractivity contribution in [1.82, 2.24) is 4.98 Å². The second-order valence-corrected chi connectivity index (χ2v) is 3.87. The van der Waals surface area contributed by atoms with Gasteiger partial charge in [-0.05, 0) is 12.1 Å². The average Bonchev–Trinajstić information content (AvgIpc) is 2.26. The Morgan fingerprint density at radius 3 is 2.93 bits per heavy atom. The maximum Gasteiger partial charge on any atom is 0.136 e. The summed E-state index contributed by atoms with van der Waals surface area (Å²) in [5, 5.41) is 1.63. The molecule has 0 N–H and O–H groups in total. The van der Waals surface area contributed by atoms with E-state index < -0.39 is 0 Å². The SMILES string of the molecule is SCC=Cc1cc2ccccc2nc1Cl. The molecule has 15 heavy (non-hydrogen) atoms. The lowest BCUT2D eigenvalue weighted by atomic mass is 10.1. The van der Waals surface area contributed by atoms with E-state index in [4.69, 9.17) is 11.6 Å². The summed E-state index contributed by atoms with van der Waals surface area (Å²) >= 11 is 10.2. The Hall–Kier alpha value is -0.990.